The van der Waals surface area contributed by atoms with Crippen molar-refractivity contribution in [3.63, 3.8) is 0 Å². The van der Waals surface area contributed by atoms with Gasteiger partial charge in [0, 0.05) is 6.54 Å². The van der Waals surface area contributed by atoms with Gasteiger partial charge in [0.1, 0.15) is 11.8 Å². The Hall–Kier alpha value is -3.40. The van der Waals surface area contributed by atoms with E-state index in [4.69, 9.17) is 0 Å². The highest BCUT2D eigenvalue weighted by Crippen LogP contribution is 2.09. The van der Waals surface area contributed by atoms with Crippen LogP contribution >= 0.6 is 0 Å². The first kappa shape index (κ1) is 21.9. The predicted molar refractivity (Wildman–Crippen MR) is 105 cm³/mol. The summed E-state index contributed by atoms with van der Waals surface area (Å²) in [5.74, 6) is -3.28. The monoisotopic (exact) mass is 419 g/mol. The Bertz CT molecular complexity index is 948. The van der Waals surface area contributed by atoms with E-state index in [1.807, 2.05) is 30.3 Å². The highest BCUT2D eigenvalue weighted by atomic mass is 32.2. The Morgan fingerprint density at radius 1 is 0.897 bits per heavy atom. The molecule has 10 heteroatoms. The number of amides is 3. The standard InChI is InChI=1S/C19H21N3O6S/c23-17(13-29(27,28)15-9-5-2-6-10-15)22-16(18(24)25)12-21-19(26)20-11-14-7-3-1-4-8-14/h1-10,16H,11-13H2,(H,22,23)(H,24,25)(H2,20,21,26)/t16-/m0/s1. The molecule has 0 aliphatic heterocycles. The Morgan fingerprint density at radius 3 is 2.07 bits per heavy atom. The van der Waals surface area contributed by atoms with E-state index in [-0.39, 0.29) is 11.4 Å². The van der Waals surface area contributed by atoms with E-state index in [1.165, 1.54) is 24.3 Å². The van der Waals surface area contributed by atoms with Gasteiger partial charge < -0.3 is 21.1 Å². The van der Waals surface area contributed by atoms with E-state index >= 15 is 0 Å². The number of aliphatic carboxylic acids is 1. The van der Waals surface area contributed by atoms with Crippen molar-refractivity contribution in [1.29, 1.82) is 0 Å². The maximum atomic E-state index is 12.2. The van der Waals surface area contributed by atoms with Crippen molar-refractivity contribution < 1.29 is 27.9 Å². The second-order valence-corrected chi connectivity index (χ2v) is 8.07. The van der Waals surface area contributed by atoms with Crippen molar-refractivity contribution in [1.82, 2.24) is 16.0 Å². The fourth-order valence-electron chi connectivity index (χ4n) is 2.36. The van der Waals surface area contributed by atoms with E-state index in [1.54, 1.807) is 6.07 Å². The molecule has 154 valence electrons. The lowest BCUT2D eigenvalue weighted by molar-refractivity contribution is -0.141. The molecule has 4 N–H and O–H groups in total. The topological polar surface area (TPSA) is 142 Å². The Morgan fingerprint density at radius 2 is 1.48 bits per heavy atom. The lowest BCUT2D eigenvalue weighted by Crippen LogP contribution is -2.51. The molecule has 0 aliphatic rings. The number of hydrogen-bond donors (Lipinski definition) is 4. The summed E-state index contributed by atoms with van der Waals surface area (Å²) in [4.78, 5) is 35.1. The molecule has 2 aromatic carbocycles. The molecule has 0 heterocycles. The van der Waals surface area contributed by atoms with Crippen LogP contribution in [0.2, 0.25) is 0 Å². The molecule has 2 rings (SSSR count). The number of nitrogens with one attached hydrogen (secondary N) is 3. The zero-order valence-electron chi connectivity index (χ0n) is 15.4. The van der Waals surface area contributed by atoms with Crippen LogP contribution in [0.5, 0.6) is 0 Å². The summed E-state index contributed by atoms with van der Waals surface area (Å²) in [6.07, 6.45) is 0. The number of carboxylic acid groups (broad SMARTS) is 1. The van der Waals surface area contributed by atoms with Gasteiger partial charge in [0.2, 0.25) is 5.91 Å². The van der Waals surface area contributed by atoms with Crippen LogP contribution in [0, 0.1) is 0 Å². The van der Waals surface area contributed by atoms with Gasteiger partial charge in [0.05, 0.1) is 11.4 Å². The van der Waals surface area contributed by atoms with Gasteiger partial charge in [-0.1, -0.05) is 48.5 Å². The largest absolute Gasteiger partial charge is 0.480 e. The highest BCUT2D eigenvalue weighted by molar-refractivity contribution is 7.92. The number of sulfone groups is 1. The zero-order chi connectivity index (χ0) is 21.3. The van der Waals surface area contributed by atoms with Crippen LogP contribution in [0.25, 0.3) is 0 Å². The Kier molecular flexibility index (Phi) is 7.72. The summed E-state index contributed by atoms with van der Waals surface area (Å²) in [6.45, 7) is -0.167. The molecule has 0 unspecified atom stereocenters. The predicted octanol–water partition coefficient (Wildman–Crippen LogP) is 0.529. The number of benzene rings is 2. The second-order valence-electron chi connectivity index (χ2n) is 6.08. The molecular formula is C19H21N3O6S. The third kappa shape index (κ3) is 7.26. The Labute approximate surface area is 168 Å². The van der Waals surface area contributed by atoms with Crippen molar-refractivity contribution in [2.45, 2.75) is 17.5 Å². The summed E-state index contributed by atoms with van der Waals surface area (Å²) in [5.41, 5.74) is 0.858. The van der Waals surface area contributed by atoms with Gasteiger partial charge in [-0.2, -0.15) is 0 Å². The summed E-state index contributed by atoms with van der Waals surface area (Å²) in [6, 6.07) is 14.3. The molecule has 0 saturated carbocycles. The maximum absolute atomic E-state index is 12.2. The minimum atomic E-state index is -3.91. The van der Waals surface area contributed by atoms with E-state index in [2.05, 4.69) is 16.0 Å². The van der Waals surface area contributed by atoms with Crippen LogP contribution in [0.4, 0.5) is 4.79 Å². The SMILES string of the molecule is O=C(CS(=O)(=O)c1ccccc1)N[C@@H](CNC(=O)NCc1ccccc1)C(=O)O. The molecule has 9 nitrogen and oxygen atoms in total. The fraction of sp³-hybridized carbons (Fsp3) is 0.211. The Balaban J connectivity index is 1.85. The van der Waals surface area contributed by atoms with Crippen molar-refractivity contribution in [3.05, 3.63) is 66.2 Å². The summed E-state index contributed by atoms with van der Waals surface area (Å²) in [7, 11) is -3.91. The van der Waals surface area contributed by atoms with Crippen molar-refractivity contribution in [2.24, 2.45) is 0 Å². The summed E-state index contributed by atoms with van der Waals surface area (Å²) < 4.78 is 24.4. The van der Waals surface area contributed by atoms with Crippen LogP contribution in [0.1, 0.15) is 5.56 Å². The minimum Gasteiger partial charge on any atom is -0.480 e. The first-order valence-corrected chi connectivity index (χ1v) is 10.3. The normalized spacial score (nSPS) is 11.9. The molecular weight excluding hydrogens is 398 g/mol. The molecule has 0 radical (unpaired) electrons. The highest BCUT2D eigenvalue weighted by Gasteiger charge is 2.25. The van der Waals surface area contributed by atoms with Crippen molar-refractivity contribution in [3.8, 4) is 0 Å². The summed E-state index contributed by atoms with van der Waals surface area (Å²) in [5, 5.41) is 16.2. The minimum absolute atomic E-state index is 0.0413. The lowest BCUT2D eigenvalue weighted by atomic mass is 10.2. The quantitative estimate of drug-likeness (QED) is 0.467. The molecule has 3 amide bonds. The van der Waals surface area contributed by atoms with Crippen molar-refractivity contribution >= 4 is 27.7 Å². The second kappa shape index (κ2) is 10.2. The van der Waals surface area contributed by atoms with Gasteiger partial charge >= 0.3 is 12.0 Å². The molecule has 0 aromatic heterocycles. The van der Waals surface area contributed by atoms with Gasteiger partial charge in [-0.25, -0.2) is 18.0 Å². The smallest absolute Gasteiger partial charge is 0.328 e. The van der Waals surface area contributed by atoms with Crippen LogP contribution < -0.4 is 16.0 Å². The van der Waals surface area contributed by atoms with E-state index in [9.17, 15) is 27.9 Å². The zero-order valence-corrected chi connectivity index (χ0v) is 16.2. The molecule has 2 aromatic rings. The third-order valence-corrected chi connectivity index (χ3v) is 5.45. The number of carbonyl (C=O) groups is 3. The van der Waals surface area contributed by atoms with Gasteiger partial charge in [-0.15, -0.1) is 0 Å². The van der Waals surface area contributed by atoms with Crippen LogP contribution in [0.3, 0.4) is 0 Å². The van der Waals surface area contributed by atoms with Gasteiger partial charge in [0.25, 0.3) is 0 Å². The van der Waals surface area contributed by atoms with Gasteiger partial charge in [0.15, 0.2) is 9.84 Å². The average molecular weight is 419 g/mol. The van der Waals surface area contributed by atoms with Gasteiger partial charge in [-0.3, -0.25) is 4.79 Å². The molecule has 1 atom stereocenters. The maximum Gasteiger partial charge on any atom is 0.328 e. The third-order valence-electron chi connectivity index (χ3n) is 3.82. The fourth-order valence-corrected chi connectivity index (χ4v) is 3.52. The molecule has 0 aliphatic carbocycles. The number of hydrogen-bond acceptors (Lipinski definition) is 5. The average Bonchev–Trinajstić information content (AvgIpc) is 2.70. The van der Waals surface area contributed by atoms with E-state index in [0.29, 0.717) is 0 Å². The van der Waals surface area contributed by atoms with Crippen LogP contribution in [0.15, 0.2) is 65.6 Å². The number of urea groups is 1. The first-order valence-electron chi connectivity index (χ1n) is 8.63. The summed E-state index contributed by atoms with van der Waals surface area (Å²) >= 11 is 0. The number of rotatable bonds is 9. The number of carbonyl (C=O) groups excluding carboxylic acids is 2. The number of carboxylic acids is 1. The molecule has 0 bridgehead atoms. The molecule has 0 fully saturated rings. The van der Waals surface area contributed by atoms with Crippen LogP contribution in [-0.4, -0.2) is 49.8 Å². The van der Waals surface area contributed by atoms with E-state index in [0.717, 1.165) is 5.56 Å². The van der Waals surface area contributed by atoms with Crippen LogP contribution in [-0.2, 0) is 26.0 Å². The molecule has 0 spiro atoms. The molecule has 0 saturated heterocycles. The van der Waals surface area contributed by atoms with Gasteiger partial charge in [-0.05, 0) is 17.7 Å². The lowest BCUT2D eigenvalue weighted by Gasteiger charge is -2.16. The molecule has 29 heavy (non-hydrogen) atoms. The van der Waals surface area contributed by atoms with Crippen molar-refractivity contribution in [2.75, 3.05) is 12.3 Å². The van der Waals surface area contributed by atoms with E-state index < -0.39 is 46.1 Å². The first-order chi connectivity index (χ1) is 13.8.